The second-order valence-electron chi connectivity index (χ2n) is 3.80. The summed E-state index contributed by atoms with van der Waals surface area (Å²) >= 11 is 0. The van der Waals surface area contributed by atoms with Crippen molar-refractivity contribution < 1.29 is 0 Å². The van der Waals surface area contributed by atoms with Crippen molar-refractivity contribution in [1.29, 1.82) is 0 Å². The van der Waals surface area contributed by atoms with Crippen LogP contribution < -0.4 is 0 Å². The van der Waals surface area contributed by atoms with Crippen LogP contribution in [0.25, 0.3) is 0 Å². The Bertz CT molecular complexity index is 271. The molecule has 0 unspecified atom stereocenters. The first-order valence-corrected chi connectivity index (χ1v) is 5.39. The lowest BCUT2D eigenvalue weighted by Gasteiger charge is -2.23. The van der Waals surface area contributed by atoms with Crippen LogP contribution in [-0.2, 0) is 13.0 Å². The summed E-state index contributed by atoms with van der Waals surface area (Å²) in [5, 5.41) is 0. The molecule has 0 amide bonds. The van der Waals surface area contributed by atoms with Gasteiger partial charge in [0.15, 0.2) is 0 Å². The van der Waals surface area contributed by atoms with Crippen LogP contribution in [-0.4, -0.2) is 23.5 Å². The molecule has 1 aliphatic heterocycles. The van der Waals surface area contributed by atoms with Gasteiger partial charge in [0.1, 0.15) is 0 Å². The topological polar surface area (TPSA) is 16.1 Å². The molecule has 1 aliphatic rings. The summed E-state index contributed by atoms with van der Waals surface area (Å²) in [5.74, 6) is 0. The summed E-state index contributed by atoms with van der Waals surface area (Å²) < 4.78 is 0. The van der Waals surface area contributed by atoms with Crippen LogP contribution in [0.5, 0.6) is 0 Å². The minimum absolute atomic E-state index is 1.06. The largest absolute Gasteiger partial charge is 0.302 e. The van der Waals surface area contributed by atoms with E-state index < -0.39 is 0 Å². The van der Waals surface area contributed by atoms with E-state index in [-0.39, 0.29) is 0 Å². The smallest absolute Gasteiger partial charge is 0.0461 e. The molecule has 2 heteroatoms. The Morgan fingerprint density at radius 2 is 2.14 bits per heavy atom. The molecule has 0 aliphatic carbocycles. The summed E-state index contributed by atoms with van der Waals surface area (Å²) in [6.07, 6.45) is 4.23. The monoisotopic (exact) mass is 192 g/mol. The lowest BCUT2D eigenvalue weighted by Crippen LogP contribution is -2.26. The van der Waals surface area contributed by atoms with Gasteiger partial charge < -0.3 is 4.90 Å². The number of nitrogens with zero attached hydrogens (tertiary/aromatic N) is 2. The summed E-state index contributed by atoms with van der Waals surface area (Å²) in [7, 11) is 2.15. The molecule has 0 bridgehead atoms. The number of likely N-dealkylation sites (N-methyl/N-ethyl adjacent to an activating group) is 1. The van der Waals surface area contributed by atoms with Gasteiger partial charge in [-0.3, -0.25) is 4.98 Å². The fraction of sp³-hybridized carbons (Fsp3) is 0.583. The molecule has 2 rings (SSSR count). The summed E-state index contributed by atoms with van der Waals surface area (Å²) in [6, 6.07) is 4.18. The highest BCUT2D eigenvalue weighted by Gasteiger charge is 2.12. The maximum absolute atomic E-state index is 4.33. The first kappa shape index (κ1) is 11.2. The van der Waals surface area contributed by atoms with E-state index in [1.165, 1.54) is 17.7 Å². The van der Waals surface area contributed by atoms with Crippen molar-refractivity contribution in [3.63, 3.8) is 0 Å². The lowest BCUT2D eigenvalue weighted by atomic mass is 10.1. The lowest BCUT2D eigenvalue weighted by molar-refractivity contribution is 0.310. The average Bonchev–Trinajstić information content (AvgIpc) is 2.19. The number of rotatable bonds is 0. The second kappa shape index (κ2) is 5.76. The van der Waals surface area contributed by atoms with Gasteiger partial charge in [0.25, 0.3) is 0 Å². The molecule has 14 heavy (non-hydrogen) atoms. The Hall–Kier alpha value is -0.890. The van der Waals surface area contributed by atoms with Crippen LogP contribution in [0.2, 0.25) is 0 Å². The predicted molar refractivity (Wildman–Crippen MR) is 60.2 cm³/mol. The maximum atomic E-state index is 4.33. The summed E-state index contributed by atoms with van der Waals surface area (Å²) in [6.45, 7) is 6.45. The molecule has 78 valence electrons. The Kier molecular flexibility index (Phi) is 4.60. The summed E-state index contributed by atoms with van der Waals surface area (Å²) in [5.41, 5.74) is 2.67. The van der Waals surface area contributed by atoms with Crippen molar-refractivity contribution in [2.24, 2.45) is 0 Å². The van der Waals surface area contributed by atoms with E-state index in [9.17, 15) is 0 Å². The first-order valence-electron chi connectivity index (χ1n) is 5.39. The van der Waals surface area contributed by atoms with Crippen LogP contribution in [0.15, 0.2) is 18.3 Å². The van der Waals surface area contributed by atoms with Crippen molar-refractivity contribution in [1.82, 2.24) is 9.88 Å². The SMILES string of the molecule is CCC.CN1CCc2ncccc2C1. The number of hydrogen-bond acceptors (Lipinski definition) is 2. The molecule has 0 N–H and O–H groups in total. The van der Waals surface area contributed by atoms with E-state index in [4.69, 9.17) is 0 Å². The van der Waals surface area contributed by atoms with E-state index in [2.05, 4.69) is 36.8 Å². The maximum Gasteiger partial charge on any atom is 0.0461 e. The molecule has 0 fully saturated rings. The first-order chi connectivity index (χ1) is 6.77. The van der Waals surface area contributed by atoms with Gasteiger partial charge >= 0.3 is 0 Å². The molecule has 0 atom stereocenters. The molecule has 2 heterocycles. The second-order valence-corrected chi connectivity index (χ2v) is 3.80. The van der Waals surface area contributed by atoms with E-state index in [0.29, 0.717) is 0 Å². The third-order valence-corrected chi connectivity index (χ3v) is 2.16. The molecule has 0 radical (unpaired) electrons. The van der Waals surface area contributed by atoms with Crippen molar-refractivity contribution in [3.8, 4) is 0 Å². The molecule has 1 aromatic rings. The Labute approximate surface area is 87.0 Å². The van der Waals surface area contributed by atoms with Gasteiger partial charge in [-0.25, -0.2) is 0 Å². The molecule has 0 spiro atoms. The van der Waals surface area contributed by atoms with Gasteiger partial charge in [0.05, 0.1) is 0 Å². The number of pyridine rings is 1. The third kappa shape index (κ3) is 3.11. The van der Waals surface area contributed by atoms with Gasteiger partial charge in [0, 0.05) is 31.4 Å². The van der Waals surface area contributed by atoms with Gasteiger partial charge in [-0.15, -0.1) is 0 Å². The number of fused-ring (bicyclic) bond motifs is 1. The van der Waals surface area contributed by atoms with Gasteiger partial charge in [-0.1, -0.05) is 26.3 Å². The van der Waals surface area contributed by atoms with Crippen LogP contribution in [0.1, 0.15) is 31.5 Å². The van der Waals surface area contributed by atoms with E-state index in [0.717, 1.165) is 19.5 Å². The van der Waals surface area contributed by atoms with Gasteiger partial charge in [-0.05, 0) is 18.7 Å². The zero-order valence-electron chi connectivity index (χ0n) is 9.45. The third-order valence-electron chi connectivity index (χ3n) is 2.16. The van der Waals surface area contributed by atoms with Crippen LogP contribution in [0.3, 0.4) is 0 Å². The van der Waals surface area contributed by atoms with E-state index >= 15 is 0 Å². The zero-order chi connectivity index (χ0) is 10.4. The molecule has 2 nitrogen and oxygen atoms in total. The molecule has 0 saturated carbocycles. The summed E-state index contributed by atoms with van der Waals surface area (Å²) in [4.78, 5) is 6.65. The quantitative estimate of drug-likeness (QED) is 0.628. The highest BCUT2D eigenvalue weighted by Crippen LogP contribution is 2.13. The Morgan fingerprint density at radius 1 is 1.43 bits per heavy atom. The minimum atomic E-state index is 1.06. The predicted octanol–water partition coefficient (Wildman–Crippen LogP) is 2.49. The van der Waals surface area contributed by atoms with Crippen molar-refractivity contribution >= 4 is 0 Å². The van der Waals surface area contributed by atoms with Crippen LogP contribution >= 0.6 is 0 Å². The molecule has 0 saturated heterocycles. The highest BCUT2D eigenvalue weighted by atomic mass is 15.1. The molecule has 1 aromatic heterocycles. The number of aromatic nitrogens is 1. The standard InChI is InChI=1S/C9H12N2.C3H8/c1-11-6-4-9-8(7-11)3-2-5-10-9;1-3-2/h2-3,5H,4,6-7H2,1H3;3H2,1-2H3. The number of hydrogen-bond donors (Lipinski definition) is 0. The fourth-order valence-electron chi connectivity index (χ4n) is 1.51. The van der Waals surface area contributed by atoms with E-state index in [1.54, 1.807) is 0 Å². The van der Waals surface area contributed by atoms with Crippen molar-refractivity contribution in [2.75, 3.05) is 13.6 Å². The average molecular weight is 192 g/mol. The van der Waals surface area contributed by atoms with Crippen LogP contribution in [0.4, 0.5) is 0 Å². The fourth-order valence-corrected chi connectivity index (χ4v) is 1.51. The zero-order valence-corrected chi connectivity index (χ0v) is 9.45. The highest BCUT2D eigenvalue weighted by molar-refractivity contribution is 5.21. The molecule has 0 aromatic carbocycles. The molecular formula is C12H20N2. The van der Waals surface area contributed by atoms with E-state index in [1.807, 2.05) is 12.3 Å². The van der Waals surface area contributed by atoms with Crippen LogP contribution in [0, 0.1) is 0 Å². The Balaban J connectivity index is 0.000000293. The Morgan fingerprint density at radius 3 is 2.86 bits per heavy atom. The normalized spacial score (nSPS) is 15.4. The molecular weight excluding hydrogens is 172 g/mol. The van der Waals surface area contributed by atoms with Crippen molar-refractivity contribution in [2.45, 2.75) is 33.2 Å². The van der Waals surface area contributed by atoms with Crippen molar-refractivity contribution in [3.05, 3.63) is 29.6 Å². The van der Waals surface area contributed by atoms with Gasteiger partial charge in [0.2, 0.25) is 0 Å². The minimum Gasteiger partial charge on any atom is -0.302 e. The van der Waals surface area contributed by atoms with Gasteiger partial charge in [-0.2, -0.15) is 0 Å².